The summed E-state index contributed by atoms with van der Waals surface area (Å²) >= 11 is 6.09. The second-order valence-corrected chi connectivity index (χ2v) is 6.85. The molecule has 0 fully saturated rings. The molecular weight excluding hydrogens is 401 g/mol. The van der Waals surface area contributed by atoms with Crippen molar-refractivity contribution in [3.63, 3.8) is 0 Å². The average Bonchev–Trinajstić information content (AvgIpc) is 3.15. The van der Waals surface area contributed by atoms with Crippen LogP contribution in [0.15, 0.2) is 40.9 Å². The molecule has 1 aromatic heterocycles. The van der Waals surface area contributed by atoms with Gasteiger partial charge in [0.2, 0.25) is 0 Å². The predicted octanol–water partition coefficient (Wildman–Crippen LogP) is 3.92. The number of fused-ring (bicyclic) bond motifs is 1. The maximum absolute atomic E-state index is 14.3. The van der Waals surface area contributed by atoms with Crippen molar-refractivity contribution in [1.29, 1.82) is 0 Å². The van der Waals surface area contributed by atoms with E-state index in [1.54, 1.807) is 0 Å². The highest BCUT2D eigenvalue weighted by Gasteiger charge is 2.33. The van der Waals surface area contributed by atoms with E-state index in [1.165, 1.54) is 50.4 Å². The quantitative estimate of drug-likeness (QED) is 0.657. The first-order valence-corrected chi connectivity index (χ1v) is 8.86. The van der Waals surface area contributed by atoms with Gasteiger partial charge in [0, 0.05) is 12.7 Å². The minimum atomic E-state index is -0.649. The van der Waals surface area contributed by atoms with Crippen LogP contribution in [-0.2, 0) is 0 Å². The predicted molar refractivity (Wildman–Crippen MR) is 102 cm³/mol. The molecular formula is C20H13ClFN3O4. The Balaban J connectivity index is 1.71. The summed E-state index contributed by atoms with van der Waals surface area (Å²) in [5, 5.41) is 6.50. The number of carbonyl (C=O) groups excluding carboxylic acids is 3. The minimum Gasteiger partial charge on any atom is -0.360 e. The zero-order chi connectivity index (χ0) is 20.9. The van der Waals surface area contributed by atoms with Gasteiger partial charge >= 0.3 is 0 Å². The normalized spacial score (nSPS) is 13.0. The number of amides is 3. The Morgan fingerprint density at radius 1 is 1.17 bits per heavy atom. The van der Waals surface area contributed by atoms with Crippen LogP contribution in [0.25, 0.3) is 11.3 Å². The lowest BCUT2D eigenvalue weighted by atomic mass is 10.0. The smallest absolute Gasteiger partial charge is 0.261 e. The van der Waals surface area contributed by atoms with Gasteiger partial charge in [-0.1, -0.05) is 22.8 Å². The largest absolute Gasteiger partial charge is 0.360 e. The second-order valence-electron chi connectivity index (χ2n) is 6.44. The molecule has 0 radical (unpaired) electrons. The summed E-state index contributed by atoms with van der Waals surface area (Å²) in [6.45, 7) is 1.51. The average molecular weight is 414 g/mol. The van der Waals surface area contributed by atoms with Gasteiger partial charge in [0.05, 0.1) is 21.7 Å². The van der Waals surface area contributed by atoms with E-state index in [0.29, 0.717) is 0 Å². The number of benzene rings is 2. The molecule has 7 nitrogen and oxygen atoms in total. The van der Waals surface area contributed by atoms with E-state index < -0.39 is 23.5 Å². The number of hydrogen-bond donors (Lipinski definition) is 1. The van der Waals surface area contributed by atoms with Crippen LogP contribution in [0.3, 0.4) is 0 Å². The first-order valence-electron chi connectivity index (χ1n) is 8.48. The van der Waals surface area contributed by atoms with Crippen LogP contribution in [0.2, 0.25) is 5.02 Å². The van der Waals surface area contributed by atoms with Gasteiger partial charge in [0.25, 0.3) is 17.7 Å². The molecule has 1 aliphatic heterocycles. The molecule has 9 heteroatoms. The van der Waals surface area contributed by atoms with Crippen molar-refractivity contribution < 1.29 is 23.3 Å². The van der Waals surface area contributed by atoms with E-state index in [0.717, 1.165) is 4.90 Å². The van der Waals surface area contributed by atoms with E-state index in [4.69, 9.17) is 16.1 Å². The van der Waals surface area contributed by atoms with E-state index in [9.17, 15) is 18.8 Å². The van der Waals surface area contributed by atoms with Crippen molar-refractivity contribution >= 4 is 35.0 Å². The lowest BCUT2D eigenvalue weighted by molar-refractivity contribution is 0.0692. The standard InChI is InChI=1S/C20H13ClFN3O4/c1-9-15(17(24-29-9)16-13(21)4-3-5-14(16)22)18(26)23-10-6-7-11-12(8-10)20(28)25(2)19(11)27/h3-8H,1-2H3,(H,23,26). The summed E-state index contributed by atoms with van der Waals surface area (Å²) in [5.74, 6) is -1.97. The summed E-state index contributed by atoms with van der Waals surface area (Å²) < 4.78 is 19.4. The summed E-state index contributed by atoms with van der Waals surface area (Å²) in [4.78, 5) is 38.0. The molecule has 0 bridgehead atoms. The topological polar surface area (TPSA) is 92.5 Å². The van der Waals surface area contributed by atoms with Crippen molar-refractivity contribution in [2.24, 2.45) is 0 Å². The number of imide groups is 1. The first-order chi connectivity index (χ1) is 13.8. The molecule has 29 heavy (non-hydrogen) atoms. The van der Waals surface area contributed by atoms with Gasteiger partial charge in [0.1, 0.15) is 22.8 Å². The molecule has 1 N–H and O–H groups in total. The first kappa shape index (κ1) is 18.8. The Kier molecular flexibility index (Phi) is 4.43. The van der Waals surface area contributed by atoms with Crippen LogP contribution in [0.1, 0.15) is 36.8 Å². The number of nitrogens with zero attached hydrogens (tertiary/aromatic N) is 2. The van der Waals surface area contributed by atoms with Gasteiger partial charge in [-0.15, -0.1) is 0 Å². The fourth-order valence-electron chi connectivity index (χ4n) is 3.17. The molecule has 0 atom stereocenters. The number of rotatable bonds is 3. The number of hydrogen-bond acceptors (Lipinski definition) is 5. The summed E-state index contributed by atoms with van der Waals surface area (Å²) in [6.07, 6.45) is 0. The number of nitrogens with one attached hydrogen (secondary N) is 1. The van der Waals surface area contributed by atoms with Gasteiger partial charge in [-0.3, -0.25) is 19.3 Å². The van der Waals surface area contributed by atoms with E-state index in [1.807, 2.05) is 0 Å². The third-order valence-corrected chi connectivity index (χ3v) is 4.95. The molecule has 0 saturated heterocycles. The highest BCUT2D eigenvalue weighted by atomic mass is 35.5. The van der Waals surface area contributed by atoms with Crippen LogP contribution < -0.4 is 5.32 Å². The molecule has 146 valence electrons. The fourth-order valence-corrected chi connectivity index (χ4v) is 3.42. The Hall–Kier alpha value is -3.52. The van der Waals surface area contributed by atoms with Crippen molar-refractivity contribution in [3.8, 4) is 11.3 Å². The zero-order valence-electron chi connectivity index (χ0n) is 15.2. The Morgan fingerprint density at radius 2 is 1.90 bits per heavy atom. The van der Waals surface area contributed by atoms with Gasteiger partial charge in [-0.25, -0.2) is 4.39 Å². The van der Waals surface area contributed by atoms with Crippen molar-refractivity contribution in [3.05, 3.63) is 69.7 Å². The molecule has 2 heterocycles. The molecule has 3 amide bonds. The van der Waals surface area contributed by atoms with Gasteiger partial charge in [-0.2, -0.15) is 0 Å². The Bertz CT molecular complexity index is 1180. The highest BCUT2D eigenvalue weighted by Crippen LogP contribution is 2.34. The van der Waals surface area contributed by atoms with Crippen LogP contribution >= 0.6 is 11.6 Å². The number of halogens is 2. The molecule has 4 rings (SSSR count). The number of aromatic nitrogens is 1. The van der Waals surface area contributed by atoms with Gasteiger partial charge < -0.3 is 9.84 Å². The van der Waals surface area contributed by atoms with Crippen molar-refractivity contribution in [1.82, 2.24) is 10.1 Å². The summed E-state index contributed by atoms with van der Waals surface area (Å²) in [7, 11) is 1.38. The fraction of sp³-hybridized carbons (Fsp3) is 0.100. The van der Waals surface area contributed by atoms with Crippen molar-refractivity contribution in [2.75, 3.05) is 12.4 Å². The Labute approximate surface area is 169 Å². The van der Waals surface area contributed by atoms with Crippen LogP contribution in [0.5, 0.6) is 0 Å². The Morgan fingerprint density at radius 3 is 2.62 bits per heavy atom. The van der Waals surface area contributed by atoms with E-state index >= 15 is 0 Å². The molecule has 0 saturated carbocycles. The lowest BCUT2D eigenvalue weighted by Gasteiger charge is -2.08. The second kappa shape index (κ2) is 6.82. The third-order valence-electron chi connectivity index (χ3n) is 4.64. The third kappa shape index (κ3) is 2.98. The number of carbonyl (C=O) groups is 3. The van der Waals surface area contributed by atoms with Crippen LogP contribution in [0, 0.1) is 12.7 Å². The molecule has 3 aromatic rings. The molecule has 0 aliphatic carbocycles. The summed E-state index contributed by atoms with van der Waals surface area (Å²) in [6, 6.07) is 8.49. The van der Waals surface area contributed by atoms with Gasteiger partial charge in [-0.05, 0) is 37.3 Å². The minimum absolute atomic E-state index is 0.0111. The maximum Gasteiger partial charge on any atom is 0.261 e. The highest BCUT2D eigenvalue weighted by molar-refractivity contribution is 6.33. The van der Waals surface area contributed by atoms with Gasteiger partial charge in [0.15, 0.2) is 0 Å². The van der Waals surface area contributed by atoms with E-state index in [2.05, 4.69) is 10.5 Å². The SMILES string of the molecule is Cc1onc(-c2c(F)cccc2Cl)c1C(=O)Nc1ccc2c(c1)C(=O)N(C)C2=O. The zero-order valence-corrected chi connectivity index (χ0v) is 16.0. The molecule has 0 spiro atoms. The lowest BCUT2D eigenvalue weighted by Crippen LogP contribution is -2.24. The monoisotopic (exact) mass is 413 g/mol. The molecule has 1 aliphatic rings. The molecule has 0 unspecified atom stereocenters. The number of anilines is 1. The van der Waals surface area contributed by atoms with Crippen LogP contribution in [0.4, 0.5) is 10.1 Å². The summed E-state index contributed by atoms with van der Waals surface area (Å²) in [5.41, 5.74) is 0.668. The van der Waals surface area contributed by atoms with Crippen LogP contribution in [-0.4, -0.2) is 34.8 Å². The van der Waals surface area contributed by atoms with Crippen molar-refractivity contribution in [2.45, 2.75) is 6.92 Å². The van der Waals surface area contributed by atoms with E-state index in [-0.39, 0.29) is 44.4 Å². The molecule has 2 aromatic carbocycles. The maximum atomic E-state index is 14.3. The number of aryl methyl sites for hydroxylation is 1.